The van der Waals surface area contributed by atoms with Crippen molar-refractivity contribution < 1.29 is 14.3 Å². The van der Waals surface area contributed by atoms with Gasteiger partial charge in [-0.25, -0.2) is 4.98 Å². The van der Waals surface area contributed by atoms with Crippen molar-refractivity contribution in [2.45, 2.75) is 26.4 Å². The number of rotatable bonds is 3. The molecule has 0 unspecified atom stereocenters. The molecule has 0 saturated carbocycles. The van der Waals surface area contributed by atoms with Gasteiger partial charge in [-0.2, -0.15) is 0 Å². The first-order chi connectivity index (χ1) is 10.6. The number of fused-ring (bicyclic) bond motifs is 1. The van der Waals surface area contributed by atoms with Crippen molar-refractivity contribution in [2.75, 3.05) is 13.1 Å². The van der Waals surface area contributed by atoms with Gasteiger partial charge in [0.2, 0.25) is 5.91 Å². The number of ether oxygens (including phenoxy) is 1. The fraction of sp³-hybridized carbons (Fsp3) is 0.438. The highest BCUT2D eigenvalue weighted by molar-refractivity contribution is 7.18. The minimum atomic E-state index is -0.178. The maximum Gasteiger partial charge on any atom is 0.309 e. The predicted octanol–water partition coefficient (Wildman–Crippen LogP) is 2.60. The zero-order valence-corrected chi connectivity index (χ0v) is 13.3. The number of carbonyl (C=O) groups is 2. The minimum absolute atomic E-state index is 0.0706. The zero-order chi connectivity index (χ0) is 15.5. The molecule has 0 spiro atoms. The number of thiazole rings is 1. The van der Waals surface area contributed by atoms with E-state index in [-0.39, 0.29) is 24.4 Å². The van der Waals surface area contributed by atoms with Crippen LogP contribution in [0.1, 0.15) is 24.8 Å². The summed E-state index contributed by atoms with van der Waals surface area (Å²) >= 11 is 1.55. The summed E-state index contributed by atoms with van der Waals surface area (Å²) in [6.07, 6.45) is 1.36. The number of likely N-dealkylation sites (tertiary alicyclic amines) is 1. The first kappa shape index (κ1) is 15.0. The molecular weight excluding hydrogens is 300 g/mol. The van der Waals surface area contributed by atoms with Crippen molar-refractivity contribution in [3.63, 3.8) is 0 Å². The third-order valence-electron chi connectivity index (χ3n) is 3.95. The van der Waals surface area contributed by atoms with Gasteiger partial charge in [-0.05, 0) is 25.0 Å². The van der Waals surface area contributed by atoms with Crippen molar-refractivity contribution in [1.29, 1.82) is 0 Å². The van der Waals surface area contributed by atoms with Crippen molar-refractivity contribution in [1.82, 2.24) is 9.88 Å². The number of hydrogen-bond acceptors (Lipinski definition) is 5. The molecule has 1 fully saturated rings. The molecule has 1 saturated heterocycles. The maximum absolute atomic E-state index is 12.1. The van der Waals surface area contributed by atoms with E-state index < -0.39 is 0 Å². The molecule has 1 aliphatic rings. The van der Waals surface area contributed by atoms with Crippen LogP contribution in [-0.4, -0.2) is 34.8 Å². The molecular formula is C16H18N2O3S. The molecule has 1 aromatic heterocycles. The van der Waals surface area contributed by atoms with Crippen LogP contribution in [0.25, 0.3) is 10.2 Å². The Morgan fingerprint density at radius 2 is 2.05 bits per heavy atom. The average Bonchev–Trinajstić information content (AvgIpc) is 2.95. The van der Waals surface area contributed by atoms with E-state index in [2.05, 4.69) is 4.98 Å². The Kier molecular flexibility index (Phi) is 4.38. The lowest BCUT2D eigenvalue weighted by Gasteiger charge is -2.29. The van der Waals surface area contributed by atoms with Crippen molar-refractivity contribution in [3.8, 4) is 0 Å². The largest absolute Gasteiger partial charge is 0.458 e. The molecule has 1 aromatic carbocycles. The van der Waals surface area contributed by atoms with Crippen LogP contribution in [0.3, 0.4) is 0 Å². The molecule has 0 atom stereocenters. The molecule has 6 heteroatoms. The molecule has 116 valence electrons. The standard InChI is InChI=1S/C16H18N2O3S/c1-11(19)18-8-6-12(7-9-18)16(20)21-10-15-17-13-4-2-3-5-14(13)22-15/h2-5,12H,6-10H2,1H3. The first-order valence-electron chi connectivity index (χ1n) is 7.40. The van der Waals surface area contributed by atoms with Crippen LogP contribution in [-0.2, 0) is 20.9 Å². The van der Waals surface area contributed by atoms with Crippen LogP contribution >= 0.6 is 11.3 Å². The van der Waals surface area contributed by atoms with Gasteiger partial charge in [0.1, 0.15) is 11.6 Å². The van der Waals surface area contributed by atoms with Crippen LogP contribution in [0.4, 0.5) is 0 Å². The van der Waals surface area contributed by atoms with Gasteiger partial charge in [-0.1, -0.05) is 12.1 Å². The Morgan fingerprint density at radius 3 is 2.73 bits per heavy atom. The minimum Gasteiger partial charge on any atom is -0.458 e. The summed E-state index contributed by atoms with van der Waals surface area (Å²) < 4.78 is 6.50. The molecule has 0 N–H and O–H groups in total. The maximum atomic E-state index is 12.1. The Morgan fingerprint density at radius 1 is 1.32 bits per heavy atom. The highest BCUT2D eigenvalue weighted by Gasteiger charge is 2.27. The van der Waals surface area contributed by atoms with E-state index in [9.17, 15) is 9.59 Å². The van der Waals surface area contributed by atoms with E-state index in [1.165, 1.54) is 0 Å². The summed E-state index contributed by atoms with van der Waals surface area (Å²) in [4.78, 5) is 29.6. The fourth-order valence-electron chi connectivity index (χ4n) is 2.66. The van der Waals surface area contributed by atoms with Gasteiger partial charge in [0, 0.05) is 20.0 Å². The quantitative estimate of drug-likeness (QED) is 0.816. The summed E-state index contributed by atoms with van der Waals surface area (Å²) in [6.45, 7) is 3.06. The molecule has 3 rings (SSSR count). The van der Waals surface area contributed by atoms with Gasteiger partial charge in [-0.3, -0.25) is 9.59 Å². The van der Waals surface area contributed by atoms with Gasteiger partial charge in [-0.15, -0.1) is 11.3 Å². The van der Waals surface area contributed by atoms with Gasteiger partial charge in [0.25, 0.3) is 0 Å². The van der Waals surface area contributed by atoms with Gasteiger partial charge in [0.05, 0.1) is 16.1 Å². The number of carbonyl (C=O) groups excluding carboxylic acids is 2. The zero-order valence-electron chi connectivity index (χ0n) is 12.4. The van der Waals surface area contributed by atoms with Crippen LogP contribution in [0.15, 0.2) is 24.3 Å². The number of nitrogens with zero attached hydrogens (tertiary/aromatic N) is 2. The lowest BCUT2D eigenvalue weighted by molar-refractivity contribution is -0.152. The van der Waals surface area contributed by atoms with Crippen LogP contribution in [0.5, 0.6) is 0 Å². The summed E-state index contributed by atoms with van der Waals surface area (Å²) in [7, 11) is 0. The lowest BCUT2D eigenvalue weighted by Crippen LogP contribution is -2.39. The second kappa shape index (κ2) is 6.44. The molecule has 22 heavy (non-hydrogen) atoms. The third kappa shape index (κ3) is 3.27. The third-order valence-corrected chi connectivity index (χ3v) is 4.96. The second-order valence-electron chi connectivity index (χ2n) is 5.46. The number of esters is 1. The number of aromatic nitrogens is 1. The fourth-order valence-corrected chi connectivity index (χ4v) is 3.54. The summed E-state index contributed by atoms with van der Waals surface area (Å²) in [5.41, 5.74) is 0.938. The Labute approximate surface area is 132 Å². The van der Waals surface area contributed by atoms with Crippen LogP contribution in [0.2, 0.25) is 0 Å². The highest BCUT2D eigenvalue weighted by Crippen LogP contribution is 2.23. The van der Waals surface area contributed by atoms with Crippen molar-refractivity contribution >= 4 is 33.4 Å². The number of benzene rings is 1. The van der Waals surface area contributed by atoms with E-state index in [1.807, 2.05) is 24.3 Å². The smallest absolute Gasteiger partial charge is 0.309 e. The number of hydrogen-bond donors (Lipinski definition) is 0. The monoisotopic (exact) mass is 318 g/mol. The second-order valence-corrected chi connectivity index (χ2v) is 6.58. The summed E-state index contributed by atoms with van der Waals surface area (Å²) in [6, 6.07) is 7.88. The van der Waals surface area contributed by atoms with Crippen LogP contribution in [0, 0.1) is 5.92 Å². The topological polar surface area (TPSA) is 59.5 Å². The Bertz CT molecular complexity index is 657. The average molecular weight is 318 g/mol. The molecule has 1 aliphatic heterocycles. The van der Waals surface area contributed by atoms with E-state index in [1.54, 1.807) is 23.2 Å². The van der Waals surface area contributed by atoms with Crippen LogP contribution < -0.4 is 0 Å². The molecule has 5 nitrogen and oxygen atoms in total. The summed E-state index contributed by atoms with van der Waals surface area (Å²) in [5.74, 6) is -0.214. The van der Waals surface area contributed by atoms with Crippen molar-refractivity contribution in [2.24, 2.45) is 5.92 Å². The van der Waals surface area contributed by atoms with Gasteiger partial charge >= 0.3 is 5.97 Å². The first-order valence-corrected chi connectivity index (χ1v) is 8.22. The lowest BCUT2D eigenvalue weighted by atomic mass is 9.97. The molecule has 0 radical (unpaired) electrons. The van der Waals surface area contributed by atoms with E-state index >= 15 is 0 Å². The Hall–Kier alpha value is -1.95. The number of para-hydroxylation sites is 1. The molecule has 0 aliphatic carbocycles. The predicted molar refractivity (Wildman–Crippen MR) is 84.4 cm³/mol. The summed E-state index contributed by atoms with van der Waals surface area (Å²) in [5, 5.41) is 0.815. The number of amides is 1. The van der Waals surface area contributed by atoms with Gasteiger partial charge < -0.3 is 9.64 Å². The SMILES string of the molecule is CC(=O)N1CCC(C(=O)OCc2nc3ccccc3s2)CC1. The molecule has 0 bridgehead atoms. The van der Waals surface area contributed by atoms with E-state index in [0.717, 1.165) is 15.2 Å². The highest BCUT2D eigenvalue weighted by atomic mass is 32.1. The van der Waals surface area contributed by atoms with E-state index in [0.29, 0.717) is 25.9 Å². The normalized spacial score (nSPS) is 16.0. The van der Waals surface area contributed by atoms with Gasteiger partial charge in [0.15, 0.2) is 0 Å². The Balaban J connectivity index is 1.53. The van der Waals surface area contributed by atoms with E-state index in [4.69, 9.17) is 4.74 Å². The van der Waals surface area contributed by atoms with Crippen molar-refractivity contribution in [3.05, 3.63) is 29.3 Å². The molecule has 2 heterocycles. The molecule has 1 amide bonds. The molecule has 2 aromatic rings. The number of piperidine rings is 1.